The number of benzene rings is 2. The number of nitrogens with zero attached hydrogens (tertiary/aromatic N) is 1. The molecule has 20 heavy (non-hydrogen) atoms. The van der Waals surface area contributed by atoms with Gasteiger partial charge in [-0.15, -0.1) is 11.8 Å². The van der Waals surface area contributed by atoms with E-state index in [-0.39, 0.29) is 5.25 Å². The smallest absolute Gasteiger partial charge is 0.0637 e. The summed E-state index contributed by atoms with van der Waals surface area (Å²) in [5, 5.41) is 9.23. The van der Waals surface area contributed by atoms with Crippen molar-refractivity contribution in [2.24, 2.45) is 0 Å². The molecule has 1 unspecified atom stereocenters. The molecule has 0 aromatic heterocycles. The summed E-state index contributed by atoms with van der Waals surface area (Å²) in [6.07, 6.45) is 0.528. The minimum atomic E-state index is 0.200. The molecule has 0 heterocycles. The first-order valence-corrected chi connectivity index (χ1v) is 7.77. The number of thioether (sulfide) groups is 1. The Balaban J connectivity index is 2.14. The molecular formula is C18H19NS. The molecule has 2 aromatic carbocycles. The minimum Gasteiger partial charge on any atom is -0.198 e. The van der Waals surface area contributed by atoms with E-state index in [4.69, 9.17) is 5.26 Å². The third-order valence-electron chi connectivity index (χ3n) is 3.27. The molecule has 0 bridgehead atoms. The van der Waals surface area contributed by atoms with Crippen molar-refractivity contribution in [1.82, 2.24) is 0 Å². The second kappa shape index (κ2) is 7.17. The van der Waals surface area contributed by atoms with Crippen LogP contribution < -0.4 is 0 Å². The Hall–Kier alpha value is -1.72. The topological polar surface area (TPSA) is 23.8 Å². The summed E-state index contributed by atoms with van der Waals surface area (Å²) < 4.78 is 0. The van der Waals surface area contributed by atoms with E-state index >= 15 is 0 Å². The highest BCUT2D eigenvalue weighted by Crippen LogP contribution is 2.37. The molecule has 1 atom stereocenters. The van der Waals surface area contributed by atoms with Crippen LogP contribution in [0.1, 0.15) is 42.6 Å². The summed E-state index contributed by atoms with van der Waals surface area (Å²) in [6, 6.07) is 21.2. The molecular weight excluding hydrogens is 262 g/mol. The second-order valence-electron chi connectivity index (χ2n) is 5.10. The summed E-state index contributed by atoms with van der Waals surface area (Å²) in [6.45, 7) is 4.40. The zero-order valence-electron chi connectivity index (χ0n) is 11.9. The van der Waals surface area contributed by atoms with E-state index in [0.29, 0.717) is 12.3 Å². The molecule has 0 spiro atoms. The quantitative estimate of drug-likeness (QED) is 0.670. The van der Waals surface area contributed by atoms with Gasteiger partial charge < -0.3 is 0 Å². The Morgan fingerprint density at radius 1 is 0.950 bits per heavy atom. The molecule has 0 saturated heterocycles. The molecule has 2 heteroatoms. The van der Waals surface area contributed by atoms with Crippen LogP contribution in [-0.2, 0) is 0 Å². The van der Waals surface area contributed by atoms with Crippen LogP contribution in [-0.4, -0.2) is 0 Å². The van der Waals surface area contributed by atoms with Crippen molar-refractivity contribution in [1.29, 1.82) is 5.26 Å². The molecule has 2 aromatic rings. The predicted octanol–water partition coefficient (Wildman–Crippen LogP) is 5.56. The van der Waals surface area contributed by atoms with E-state index < -0.39 is 0 Å². The Labute approximate surface area is 125 Å². The maximum absolute atomic E-state index is 9.03. The third kappa shape index (κ3) is 3.88. The first-order chi connectivity index (χ1) is 9.70. The maximum atomic E-state index is 9.03. The minimum absolute atomic E-state index is 0.200. The standard InChI is InChI=1S/C18H19NS/c1-14(2)15-8-10-17(11-9-15)20-18(12-13-19)16-6-4-3-5-7-16/h3-11,14,18H,12H2,1-2H3. The first kappa shape index (κ1) is 14.7. The zero-order chi connectivity index (χ0) is 14.4. The Morgan fingerprint density at radius 2 is 1.60 bits per heavy atom. The normalized spacial score (nSPS) is 12.1. The van der Waals surface area contributed by atoms with Crippen LogP contribution in [0.3, 0.4) is 0 Å². The summed E-state index contributed by atoms with van der Waals surface area (Å²) >= 11 is 1.76. The molecule has 0 fully saturated rings. The molecule has 1 nitrogen and oxygen atoms in total. The van der Waals surface area contributed by atoms with Gasteiger partial charge in [0, 0.05) is 10.1 Å². The van der Waals surface area contributed by atoms with Gasteiger partial charge in [-0.2, -0.15) is 5.26 Å². The molecule has 0 radical (unpaired) electrons. The van der Waals surface area contributed by atoms with Crippen molar-refractivity contribution in [2.75, 3.05) is 0 Å². The van der Waals surface area contributed by atoms with Gasteiger partial charge in [-0.3, -0.25) is 0 Å². The van der Waals surface area contributed by atoms with Crippen molar-refractivity contribution < 1.29 is 0 Å². The molecule has 2 rings (SSSR count). The highest BCUT2D eigenvalue weighted by molar-refractivity contribution is 7.99. The zero-order valence-corrected chi connectivity index (χ0v) is 12.7. The van der Waals surface area contributed by atoms with E-state index in [9.17, 15) is 0 Å². The number of rotatable bonds is 5. The van der Waals surface area contributed by atoms with Gasteiger partial charge in [0.25, 0.3) is 0 Å². The van der Waals surface area contributed by atoms with Gasteiger partial charge in [0.2, 0.25) is 0 Å². The molecule has 102 valence electrons. The Kier molecular flexibility index (Phi) is 5.26. The Bertz CT molecular complexity index is 567. The van der Waals surface area contributed by atoms with E-state index in [1.165, 1.54) is 16.0 Å². The Morgan fingerprint density at radius 3 is 2.15 bits per heavy atom. The summed E-state index contributed by atoms with van der Waals surface area (Å²) in [7, 11) is 0. The lowest BCUT2D eigenvalue weighted by Gasteiger charge is -2.14. The van der Waals surface area contributed by atoms with Gasteiger partial charge in [-0.25, -0.2) is 0 Å². The predicted molar refractivity (Wildman–Crippen MR) is 85.8 cm³/mol. The van der Waals surface area contributed by atoms with Crippen molar-refractivity contribution in [3.63, 3.8) is 0 Å². The highest BCUT2D eigenvalue weighted by Gasteiger charge is 2.12. The molecule has 0 aliphatic carbocycles. The number of nitriles is 1. The second-order valence-corrected chi connectivity index (χ2v) is 6.38. The number of hydrogen-bond donors (Lipinski definition) is 0. The molecule has 0 saturated carbocycles. The van der Waals surface area contributed by atoms with Crippen LogP contribution in [0.15, 0.2) is 59.5 Å². The largest absolute Gasteiger partial charge is 0.198 e. The maximum Gasteiger partial charge on any atom is 0.0637 e. The van der Waals surface area contributed by atoms with E-state index in [1.54, 1.807) is 11.8 Å². The molecule has 0 aliphatic heterocycles. The van der Waals surface area contributed by atoms with Crippen LogP contribution in [0.5, 0.6) is 0 Å². The first-order valence-electron chi connectivity index (χ1n) is 6.89. The van der Waals surface area contributed by atoms with Crippen molar-refractivity contribution in [2.45, 2.75) is 36.3 Å². The lowest BCUT2D eigenvalue weighted by molar-refractivity contribution is 0.864. The van der Waals surface area contributed by atoms with E-state index in [1.807, 2.05) is 18.2 Å². The van der Waals surface area contributed by atoms with Gasteiger partial charge in [0.15, 0.2) is 0 Å². The van der Waals surface area contributed by atoms with Gasteiger partial charge in [0.1, 0.15) is 0 Å². The van der Waals surface area contributed by atoms with Crippen molar-refractivity contribution >= 4 is 11.8 Å². The fourth-order valence-corrected chi connectivity index (χ4v) is 3.15. The fourth-order valence-electron chi connectivity index (χ4n) is 2.07. The van der Waals surface area contributed by atoms with Gasteiger partial charge in [-0.05, 0) is 29.2 Å². The third-order valence-corrected chi connectivity index (χ3v) is 4.54. The average Bonchev–Trinajstić information content (AvgIpc) is 2.48. The van der Waals surface area contributed by atoms with Gasteiger partial charge in [0.05, 0.1) is 12.5 Å². The molecule has 0 N–H and O–H groups in total. The van der Waals surface area contributed by atoms with Crippen LogP contribution in [0.25, 0.3) is 0 Å². The highest BCUT2D eigenvalue weighted by atomic mass is 32.2. The van der Waals surface area contributed by atoms with Crippen molar-refractivity contribution in [3.8, 4) is 6.07 Å². The summed E-state index contributed by atoms with van der Waals surface area (Å²) in [5.41, 5.74) is 2.57. The average molecular weight is 281 g/mol. The van der Waals surface area contributed by atoms with Crippen LogP contribution in [0.2, 0.25) is 0 Å². The van der Waals surface area contributed by atoms with Crippen LogP contribution in [0, 0.1) is 11.3 Å². The number of hydrogen-bond acceptors (Lipinski definition) is 2. The van der Waals surface area contributed by atoms with Crippen LogP contribution in [0.4, 0.5) is 0 Å². The molecule has 0 amide bonds. The summed E-state index contributed by atoms with van der Waals surface area (Å²) in [5.74, 6) is 0.554. The van der Waals surface area contributed by atoms with E-state index in [2.05, 4.69) is 56.3 Å². The van der Waals surface area contributed by atoms with Gasteiger partial charge in [-0.1, -0.05) is 56.3 Å². The summed E-state index contributed by atoms with van der Waals surface area (Å²) in [4.78, 5) is 1.22. The molecule has 0 aliphatic rings. The lowest BCUT2D eigenvalue weighted by Crippen LogP contribution is -1.93. The fraction of sp³-hybridized carbons (Fsp3) is 0.278. The van der Waals surface area contributed by atoms with E-state index in [0.717, 1.165) is 0 Å². The SMILES string of the molecule is CC(C)c1ccc(SC(CC#N)c2ccccc2)cc1. The van der Waals surface area contributed by atoms with Crippen LogP contribution >= 0.6 is 11.8 Å². The monoisotopic (exact) mass is 281 g/mol. The lowest BCUT2D eigenvalue weighted by atomic mass is 10.0. The van der Waals surface area contributed by atoms with Crippen molar-refractivity contribution in [3.05, 3.63) is 65.7 Å². The van der Waals surface area contributed by atoms with Gasteiger partial charge >= 0.3 is 0 Å².